The van der Waals surface area contributed by atoms with E-state index in [0.717, 1.165) is 11.8 Å². The Morgan fingerprint density at radius 2 is 2.10 bits per heavy atom. The molecule has 1 aliphatic rings. The van der Waals surface area contributed by atoms with Crippen LogP contribution in [-0.2, 0) is 0 Å². The molecule has 1 amide bonds. The van der Waals surface area contributed by atoms with E-state index in [1.807, 2.05) is 0 Å². The van der Waals surface area contributed by atoms with Gasteiger partial charge in [0.05, 0.1) is 11.1 Å². The van der Waals surface area contributed by atoms with Crippen LogP contribution in [0.2, 0.25) is 0 Å². The normalized spacial score (nSPS) is 14.9. The first-order chi connectivity index (χ1) is 9.50. The van der Waals surface area contributed by atoms with E-state index in [4.69, 9.17) is 12.2 Å². The van der Waals surface area contributed by atoms with Crippen molar-refractivity contribution in [3.8, 4) is 5.88 Å². The molecule has 0 bridgehead atoms. The van der Waals surface area contributed by atoms with E-state index in [2.05, 4.69) is 4.99 Å². The Morgan fingerprint density at radius 1 is 1.40 bits per heavy atom. The van der Waals surface area contributed by atoms with Crippen molar-refractivity contribution >= 4 is 55.9 Å². The summed E-state index contributed by atoms with van der Waals surface area (Å²) in [6, 6.07) is 7.01. The fourth-order valence-electron chi connectivity index (χ4n) is 2.22. The number of thioether (sulfide) groups is 1. The minimum absolute atomic E-state index is 0.241. The lowest BCUT2D eigenvalue weighted by Crippen LogP contribution is -2.07. The van der Waals surface area contributed by atoms with E-state index in [0.29, 0.717) is 20.7 Å². The summed E-state index contributed by atoms with van der Waals surface area (Å²) in [6.45, 7) is 1.35. The second-order valence-electron chi connectivity index (χ2n) is 4.19. The van der Waals surface area contributed by atoms with Crippen LogP contribution in [0.15, 0.2) is 29.3 Å². The number of fused-ring (bicyclic) bond motifs is 1. The molecule has 3 rings (SSSR count). The molecule has 0 spiro atoms. The van der Waals surface area contributed by atoms with Crippen molar-refractivity contribution in [1.82, 2.24) is 4.57 Å². The molecule has 0 fully saturated rings. The molecular weight excluding hydrogens is 296 g/mol. The van der Waals surface area contributed by atoms with E-state index >= 15 is 0 Å². The second-order valence-corrected chi connectivity index (χ2v) is 5.81. The lowest BCUT2D eigenvalue weighted by molar-refractivity contribution is 0.0933. The number of thiocarbonyl (C=S) groups is 1. The Hall–Kier alpha value is -1.99. The van der Waals surface area contributed by atoms with Gasteiger partial charge in [0.2, 0.25) is 11.8 Å². The Kier molecular flexibility index (Phi) is 2.95. The van der Waals surface area contributed by atoms with Crippen LogP contribution in [-0.4, -0.2) is 30.7 Å². The van der Waals surface area contributed by atoms with Gasteiger partial charge >= 0.3 is 5.24 Å². The number of carbonyl (C=O) groups excluding carboxylic acids is 2. The van der Waals surface area contributed by atoms with Crippen LogP contribution in [0.1, 0.15) is 17.3 Å². The number of amides is 1. The van der Waals surface area contributed by atoms with Crippen molar-refractivity contribution in [3.05, 3.63) is 29.8 Å². The fourth-order valence-corrected chi connectivity index (χ4v) is 3.13. The highest BCUT2D eigenvalue weighted by molar-refractivity contribution is 8.35. The number of nitrogens with zero attached hydrogens (tertiary/aromatic N) is 2. The van der Waals surface area contributed by atoms with Crippen LogP contribution in [0, 0.1) is 0 Å². The van der Waals surface area contributed by atoms with Gasteiger partial charge in [-0.3, -0.25) is 14.2 Å². The Labute approximate surface area is 123 Å². The largest absolute Gasteiger partial charge is 0.494 e. The number of para-hydroxylation sites is 1. The zero-order chi connectivity index (χ0) is 14.4. The second kappa shape index (κ2) is 4.53. The van der Waals surface area contributed by atoms with Gasteiger partial charge in [0, 0.05) is 12.3 Å². The van der Waals surface area contributed by atoms with Gasteiger partial charge < -0.3 is 5.11 Å². The quantitative estimate of drug-likeness (QED) is 0.820. The fraction of sp³-hybridized carbons (Fsp3) is 0.0769. The number of carbonyl (C=O) groups is 2. The molecule has 1 aromatic carbocycles. The molecule has 5 nitrogen and oxygen atoms in total. The predicted octanol–water partition coefficient (Wildman–Crippen LogP) is 2.99. The van der Waals surface area contributed by atoms with E-state index < -0.39 is 5.24 Å². The van der Waals surface area contributed by atoms with Crippen LogP contribution >= 0.6 is 24.0 Å². The summed E-state index contributed by atoms with van der Waals surface area (Å²) in [5, 5.41) is 10.6. The first-order valence-corrected chi connectivity index (χ1v) is 6.91. The van der Waals surface area contributed by atoms with Gasteiger partial charge in [-0.25, -0.2) is 4.99 Å². The molecule has 1 aliphatic heterocycles. The van der Waals surface area contributed by atoms with Gasteiger partial charge in [0.25, 0.3) is 0 Å². The van der Waals surface area contributed by atoms with Crippen LogP contribution in [0.3, 0.4) is 0 Å². The van der Waals surface area contributed by atoms with Crippen molar-refractivity contribution in [2.75, 3.05) is 0 Å². The first kappa shape index (κ1) is 13.0. The first-order valence-electron chi connectivity index (χ1n) is 5.69. The standard InChI is InChI=1S/C13H8N2O3S2/c1-6(16)15-8-5-3-2-4-7(8)9(11(15)17)10-12(19)20-13(18)14-10/h2-5,17H,1H3. The number of aromatic nitrogens is 1. The molecule has 0 saturated carbocycles. The van der Waals surface area contributed by atoms with Gasteiger partial charge in [-0.05, 0) is 17.8 Å². The highest BCUT2D eigenvalue weighted by Gasteiger charge is 2.30. The molecule has 2 aromatic rings. The summed E-state index contributed by atoms with van der Waals surface area (Å²) < 4.78 is 1.49. The predicted molar refractivity (Wildman–Crippen MR) is 82.0 cm³/mol. The van der Waals surface area contributed by atoms with Gasteiger partial charge in [-0.1, -0.05) is 30.4 Å². The smallest absolute Gasteiger partial charge is 0.311 e. The molecule has 0 radical (unpaired) electrons. The molecule has 1 aromatic heterocycles. The average molecular weight is 304 g/mol. The minimum atomic E-state index is -0.413. The monoisotopic (exact) mass is 304 g/mol. The lowest BCUT2D eigenvalue weighted by Gasteiger charge is -2.01. The van der Waals surface area contributed by atoms with Crippen LogP contribution in [0.5, 0.6) is 5.88 Å². The molecule has 0 atom stereocenters. The number of aliphatic imine (C=N–C) groups is 1. The molecule has 0 saturated heterocycles. The third kappa shape index (κ3) is 1.78. The lowest BCUT2D eigenvalue weighted by atomic mass is 10.1. The Morgan fingerprint density at radius 3 is 2.70 bits per heavy atom. The number of aromatic hydroxyl groups is 1. The molecular formula is C13H8N2O3S2. The van der Waals surface area contributed by atoms with Crippen molar-refractivity contribution in [2.24, 2.45) is 4.99 Å². The van der Waals surface area contributed by atoms with Crippen LogP contribution in [0.25, 0.3) is 10.9 Å². The molecule has 100 valence electrons. The zero-order valence-electron chi connectivity index (χ0n) is 10.3. The highest BCUT2D eigenvalue weighted by Crippen LogP contribution is 2.35. The Bertz CT molecular complexity index is 820. The summed E-state index contributed by atoms with van der Waals surface area (Å²) in [7, 11) is 0. The summed E-state index contributed by atoms with van der Waals surface area (Å²) in [4.78, 5) is 26.9. The van der Waals surface area contributed by atoms with Gasteiger partial charge in [-0.15, -0.1) is 0 Å². The van der Waals surface area contributed by atoms with Crippen molar-refractivity contribution in [2.45, 2.75) is 6.92 Å². The Balaban J connectivity index is 2.40. The summed E-state index contributed by atoms with van der Waals surface area (Å²) in [6.07, 6.45) is 0. The van der Waals surface area contributed by atoms with Crippen LogP contribution < -0.4 is 0 Å². The molecule has 0 aliphatic carbocycles. The topological polar surface area (TPSA) is 71.7 Å². The number of hydrogen-bond donors (Lipinski definition) is 1. The SMILES string of the molecule is CC(=O)n1c(O)c(C2=NC(=O)SC2=S)c2ccccc21. The molecule has 7 heteroatoms. The molecule has 0 unspecified atom stereocenters. The molecule has 20 heavy (non-hydrogen) atoms. The van der Waals surface area contributed by atoms with E-state index in [-0.39, 0.29) is 17.5 Å². The zero-order valence-corrected chi connectivity index (χ0v) is 11.9. The average Bonchev–Trinajstić information content (AvgIpc) is 2.85. The van der Waals surface area contributed by atoms with E-state index in [1.165, 1.54) is 11.5 Å². The highest BCUT2D eigenvalue weighted by atomic mass is 32.2. The summed E-state index contributed by atoms with van der Waals surface area (Å²) >= 11 is 5.94. The van der Waals surface area contributed by atoms with Crippen molar-refractivity contribution < 1.29 is 14.7 Å². The third-order valence-corrected chi connectivity index (χ3v) is 4.07. The summed E-state index contributed by atoms with van der Waals surface area (Å²) in [5.74, 6) is -0.566. The number of rotatable bonds is 1. The number of hydrogen-bond acceptors (Lipinski definition) is 5. The van der Waals surface area contributed by atoms with Gasteiger partial charge in [0.15, 0.2) is 0 Å². The number of benzene rings is 1. The van der Waals surface area contributed by atoms with Crippen molar-refractivity contribution in [1.29, 1.82) is 0 Å². The van der Waals surface area contributed by atoms with E-state index in [9.17, 15) is 14.7 Å². The van der Waals surface area contributed by atoms with E-state index in [1.54, 1.807) is 24.3 Å². The third-order valence-electron chi connectivity index (χ3n) is 2.98. The molecule has 1 N–H and O–H groups in total. The van der Waals surface area contributed by atoms with Crippen molar-refractivity contribution in [3.63, 3.8) is 0 Å². The maximum absolute atomic E-state index is 11.7. The molecule has 2 heterocycles. The summed E-state index contributed by atoms with van der Waals surface area (Å²) in [5.41, 5.74) is 1.14. The maximum atomic E-state index is 11.7. The maximum Gasteiger partial charge on any atom is 0.311 e. The van der Waals surface area contributed by atoms with Gasteiger partial charge in [-0.2, -0.15) is 0 Å². The minimum Gasteiger partial charge on any atom is -0.494 e. The van der Waals surface area contributed by atoms with Gasteiger partial charge in [0.1, 0.15) is 9.91 Å². The van der Waals surface area contributed by atoms with Crippen LogP contribution in [0.4, 0.5) is 4.79 Å².